The molecule has 0 aliphatic carbocycles. The monoisotopic (exact) mass is 245 g/mol. The van der Waals surface area contributed by atoms with Crippen LogP contribution in [-0.4, -0.2) is 16.8 Å². The zero-order valence-corrected chi connectivity index (χ0v) is 9.50. The fraction of sp³-hybridized carbons (Fsp3) is 0.167. The summed E-state index contributed by atoms with van der Waals surface area (Å²) in [5, 5.41) is 0. The summed E-state index contributed by atoms with van der Waals surface area (Å²) in [6.07, 6.45) is 1.37. The molecule has 0 amide bonds. The standard InChI is InChI=1S/C12H11N3O3/c13-11-4-12(15-6-14-11)16-5-8-1-2-9-10(3-8)18-7-17-9/h1-4,6H,5,7H2,(H2,13,14,15). The molecule has 1 aliphatic heterocycles. The molecule has 1 aliphatic rings. The van der Waals surface area contributed by atoms with Crippen molar-refractivity contribution in [1.29, 1.82) is 0 Å². The average molecular weight is 245 g/mol. The van der Waals surface area contributed by atoms with E-state index in [4.69, 9.17) is 19.9 Å². The van der Waals surface area contributed by atoms with Crippen LogP contribution in [0.4, 0.5) is 5.82 Å². The third-order valence-electron chi connectivity index (χ3n) is 2.49. The molecule has 2 aromatic rings. The SMILES string of the molecule is Nc1cc(OCc2ccc3c(c2)OCO3)ncn1. The highest BCUT2D eigenvalue weighted by atomic mass is 16.7. The van der Waals surface area contributed by atoms with Gasteiger partial charge in [0.2, 0.25) is 12.7 Å². The third-order valence-corrected chi connectivity index (χ3v) is 2.49. The Bertz CT molecular complexity index is 574. The van der Waals surface area contributed by atoms with Gasteiger partial charge in [0, 0.05) is 6.07 Å². The molecular formula is C12H11N3O3. The maximum Gasteiger partial charge on any atom is 0.231 e. The highest BCUT2D eigenvalue weighted by Gasteiger charge is 2.13. The molecule has 0 saturated heterocycles. The number of rotatable bonds is 3. The Kier molecular flexibility index (Phi) is 2.60. The van der Waals surface area contributed by atoms with Gasteiger partial charge in [-0.05, 0) is 17.7 Å². The van der Waals surface area contributed by atoms with Gasteiger partial charge in [0.15, 0.2) is 11.5 Å². The number of aromatic nitrogens is 2. The lowest BCUT2D eigenvalue weighted by Gasteiger charge is -2.06. The highest BCUT2D eigenvalue weighted by molar-refractivity contribution is 5.44. The first kappa shape index (κ1) is 10.6. The molecule has 0 saturated carbocycles. The number of hydrogen-bond acceptors (Lipinski definition) is 6. The number of nitrogen functional groups attached to an aromatic ring is 1. The molecule has 6 heteroatoms. The number of nitrogens with zero attached hydrogens (tertiary/aromatic N) is 2. The summed E-state index contributed by atoms with van der Waals surface area (Å²) in [6.45, 7) is 0.648. The average Bonchev–Trinajstić information content (AvgIpc) is 2.84. The van der Waals surface area contributed by atoms with Gasteiger partial charge in [-0.15, -0.1) is 0 Å². The number of nitrogens with two attached hydrogens (primary N) is 1. The van der Waals surface area contributed by atoms with Crippen LogP contribution in [-0.2, 0) is 6.61 Å². The van der Waals surface area contributed by atoms with Crippen molar-refractivity contribution < 1.29 is 14.2 Å². The van der Waals surface area contributed by atoms with Crippen molar-refractivity contribution in [1.82, 2.24) is 9.97 Å². The van der Waals surface area contributed by atoms with E-state index in [-0.39, 0.29) is 6.79 Å². The lowest BCUT2D eigenvalue weighted by Crippen LogP contribution is -1.99. The van der Waals surface area contributed by atoms with Gasteiger partial charge in [0.25, 0.3) is 0 Å². The zero-order chi connectivity index (χ0) is 12.4. The molecule has 6 nitrogen and oxygen atoms in total. The van der Waals surface area contributed by atoms with Gasteiger partial charge in [0.1, 0.15) is 18.8 Å². The zero-order valence-electron chi connectivity index (χ0n) is 9.50. The Labute approximate surface area is 103 Å². The summed E-state index contributed by atoms with van der Waals surface area (Å²) in [7, 11) is 0. The highest BCUT2D eigenvalue weighted by Crippen LogP contribution is 2.32. The van der Waals surface area contributed by atoms with E-state index in [1.165, 1.54) is 6.33 Å². The molecule has 0 radical (unpaired) electrons. The smallest absolute Gasteiger partial charge is 0.231 e. The lowest BCUT2D eigenvalue weighted by molar-refractivity contribution is 0.174. The summed E-state index contributed by atoms with van der Waals surface area (Å²) in [5.41, 5.74) is 6.50. The summed E-state index contributed by atoms with van der Waals surface area (Å²) >= 11 is 0. The molecule has 92 valence electrons. The van der Waals surface area contributed by atoms with E-state index in [0.29, 0.717) is 18.3 Å². The Hall–Kier alpha value is -2.50. The number of ether oxygens (including phenoxy) is 3. The maximum absolute atomic E-state index is 5.53. The maximum atomic E-state index is 5.53. The van der Waals surface area contributed by atoms with Crippen molar-refractivity contribution in [3.05, 3.63) is 36.2 Å². The topological polar surface area (TPSA) is 79.5 Å². The molecular weight excluding hydrogens is 234 g/mol. The molecule has 3 rings (SSSR count). The summed E-state index contributed by atoms with van der Waals surface area (Å²) in [5.74, 6) is 2.31. The number of benzene rings is 1. The molecule has 2 N–H and O–H groups in total. The van der Waals surface area contributed by atoms with Crippen LogP contribution in [0.2, 0.25) is 0 Å². The Morgan fingerprint density at radius 2 is 2.06 bits per heavy atom. The van der Waals surface area contributed by atoms with Crippen LogP contribution < -0.4 is 19.9 Å². The summed E-state index contributed by atoms with van der Waals surface area (Å²) in [4.78, 5) is 7.75. The predicted octanol–water partition coefficient (Wildman–Crippen LogP) is 1.37. The number of hydrogen-bond donors (Lipinski definition) is 1. The van der Waals surface area contributed by atoms with Crippen molar-refractivity contribution in [2.75, 3.05) is 12.5 Å². The van der Waals surface area contributed by atoms with Crippen molar-refractivity contribution in [3.63, 3.8) is 0 Å². The Morgan fingerprint density at radius 3 is 2.94 bits per heavy atom. The van der Waals surface area contributed by atoms with Crippen molar-refractivity contribution in [3.8, 4) is 17.4 Å². The minimum absolute atomic E-state index is 0.266. The van der Waals surface area contributed by atoms with Crippen LogP contribution >= 0.6 is 0 Å². The van der Waals surface area contributed by atoms with Crippen LogP contribution in [0.1, 0.15) is 5.56 Å². The van der Waals surface area contributed by atoms with Crippen LogP contribution in [0.25, 0.3) is 0 Å². The van der Waals surface area contributed by atoms with E-state index < -0.39 is 0 Å². The molecule has 0 bridgehead atoms. The van der Waals surface area contributed by atoms with Gasteiger partial charge in [-0.2, -0.15) is 0 Å². The second kappa shape index (κ2) is 4.40. The number of anilines is 1. The molecule has 0 spiro atoms. The van der Waals surface area contributed by atoms with Crippen LogP contribution in [0.3, 0.4) is 0 Å². The van der Waals surface area contributed by atoms with Crippen molar-refractivity contribution in [2.24, 2.45) is 0 Å². The van der Waals surface area contributed by atoms with Gasteiger partial charge < -0.3 is 19.9 Å². The predicted molar refractivity (Wildman–Crippen MR) is 63.3 cm³/mol. The molecule has 0 unspecified atom stereocenters. The Balaban J connectivity index is 1.70. The Morgan fingerprint density at radius 1 is 1.17 bits per heavy atom. The summed E-state index contributed by atoms with van der Waals surface area (Å²) < 4.78 is 16.0. The van der Waals surface area contributed by atoms with Crippen molar-refractivity contribution >= 4 is 5.82 Å². The van der Waals surface area contributed by atoms with Crippen LogP contribution in [0, 0.1) is 0 Å². The fourth-order valence-corrected chi connectivity index (χ4v) is 1.62. The van der Waals surface area contributed by atoms with Gasteiger partial charge in [-0.3, -0.25) is 0 Å². The normalized spacial score (nSPS) is 12.4. The van der Waals surface area contributed by atoms with Gasteiger partial charge in [-0.25, -0.2) is 9.97 Å². The van der Waals surface area contributed by atoms with Gasteiger partial charge in [-0.1, -0.05) is 6.07 Å². The molecule has 18 heavy (non-hydrogen) atoms. The number of fused-ring (bicyclic) bond motifs is 1. The summed E-state index contributed by atoms with van der Waals surface area (Å²) in [6, 6.07) is 7.23. The third kappa shape index (κ3) is 2.13. The van der Waals surface area contributed by atoms with Crippen LogP contribution in [0.15, 0.2) is 30.6 Å². The largest absolute Gasteiger partial charge is 0.473 e. The molecule has 1 aromatic carbocycles. The lowest BCUT2D eigenvalue weighted by atomic mass is 10.2. The molecule has 0 atom stereocenters. The van der Waals surface area contributed by atoms with Crippen molar-refractivity contribution in [2.45, 2.75) is 6.61 Å². The second-order valence-corrected chi connectivity index (χ2v) is 3.76. The van der Waals surface area contributed by atoms with E-state index in [2.05, 4.69) is 9.97 Å². The van der Waals surface area contributed by atoms with E-state index in [1.807, 2.05) is 18.2 Å². The fourth-order valence-electron chi connectivity index (χ4n) is 1.62. The quantitative estimate of drug-likeness (QED) is 0.879. The van der Waals surface area contributed by atoms with Crippen LogP contribution in [0.5, 0.6) is 17.4 Å². The van der Waals surface area contributed by atoms with Gasteiger partial charge in [0.05, 0.1) is 0 Å². The minimum atomic E-state index is 0.266. The minimum Gasteiger partial charge on any atom is -0.473 e. The molecule has 2 heterocycles. The van der Waals surface area contributed by atoms with E-state index >= 15 is 0 Å². The second-order valence-electron chi connectivity index (χ2n) is 3.76. The molecule has 1 aromatic heterocycles. The van der Waals surface area contributed by atoms with E-state index in [1.54, 1.807) is 6.07 Å². The van der Waals surface area contributed by atoms with E-state index in [0.717, 1.165) is 17.1 Å². The first-order valence-corrected chi connectivity index (χ1v) is 5.40. The molecule has 0 fully saturated rings. The first-order valence-electron chi connectivity index (χ1n) is 5.40. The van der Waals surface area contributed by atoms with E-state index in [9.17, 15) is 0 Å². The first-order chi connectivity index (χ1) is 8.81. The van der Waals surface area contributed by atoms with Gasteiger partial charge >= 0.3 is 0 Å².